The van der Waals surface area contributed by atoms with Gasteiger partial charge in [-0.15, -0.1) is 0 Å². The monoisotopic (exact) mass is 329 g/mol. The van der Waals surface area contributed by atoms with E-state index in [1.54, 1.807) is 18.1 Å². The molecule has 0 spiro atoms. The Morgan fingerprint density at radius 3 is 2.75 bits per heavy atom. The number of methoxy groups -OCH3 is 1. The van der Waals surface area contributed by atoms with Crippen molar-refractivity contribution in [3.63, 3.8) is 0 Å². The van der Waals surface area contributed by atoms with Crippen LogP contribution in [-0.4, -0.2) is 63.8 Å². The molecule has 1 saturated heterocycles. The fraction of sp³-hybridized carbons (Fsp3) is 0.471. The van der Waals surface area contributed by atoms with E-state index in [-0.39, 0.29) is 11.9 Å². The maximum atomic E-state index is 12.5. The summed E-state index contributed by atoms with van der Waals surface area (Å²) >= 11 is 0. The molecule has 0 saturated carbocycles. The summed E-state index contributed by atoms with van der Waals surface area (Å²) in [5, 5.41) is 4.05. The lowest BCUT2D eigenvalue weighted by Gasteiger charge is -2.35. The predicted octanol–water partition coefficient (Wildman–Crippen LogP) is 1.19. The van der Waals surface area contributed by atoms with Gasteiger partial charge in [-0.2, -0.15) is 5.10 Å². The Bertz CT molecular complexity index is 665. The molecule has 2 heterocycles. The second kappa shape index (κ2) is 7.44. The molecular weight excluding hydrogens is 306 g/mol. The molecule has 0 N–H and O–H groups in total. The summed E-state index contributed by atoms with van der Waals surface area (Å²) in [7, 11) is 1.68. The molecular formula is C17H23N5O2. The van der Waals surface area contributed by atoms with Crippen LogP contribution in [0, 0.1) is 0 Å². The van der Waals surface area contributed by atoms with Gasteiger partial charge in [-0.1, -0.05) is 12.1 Å². The molecule has 0 bridgehead atoms. The van der Waals surface area contributed by atoms with Gasteiger partial charge in [0.25, 0.3) is 0 Å². The SMILES string of the molecule is COc1cccc(CN2CCN(C(=O)C(C)n3cncn3)CC2)c1. The molecule has 3 rings (SSSR count). The van der Waals surface area contributed by atoms with Crippen LogP contribution in [0.25, 0.3) is 0 Å². The van der Waals surface area contributed by atoms with Gasteiger partial charge in [-0.05, 0) is 24.6 Å². The van der Waals surface area contributed by atoms with E-state index in [4.69, 9.17) is 4.74 Å². The van der Waals surface area contributed by atoms with E-state index < -0.39 is 0 Å². The zero-order valence-corrected chi connectivity index (χ0v) is 14.1. The van der Waals surface area contributed by atoms with Crippen molar-refractivity contribution in [3.8, 4) is 5.75 Å². The van der Waals surface area contributed by atoms with Gasteiger partial charge in [0.05, 0.1) is 7.11 Å². The number of aromatic nitrogens is 3. The van der Waals surface area contributed by atoms with Gasteiger partial charge < -0.3 is 9.64 Å². The maximum absolute atomic E-state index is 12.5. The molecule has 1 unspecified atom stereocenters. The van der Waals surface area contributed by atoms with E-state index in [0.717, 1.165) is 38.5 Å². The molecule has 0 radical (unpaired) electrons. The summed E-state index contributed by atoms with van der Waals surface area (Å²) in [5.74, 6) is 0.976. The molecule has 7 nitrogen and oxygen atoms in total. The highest BCUT2D eigenvalue weighted by Crippen LogP contribution is 2.16. The zero-order chi connectivity index (χ0) is 16.9. The third-order valence-corrected chi connectivity index (χ3v) is 4.42. The maximum Gasteiger partial charge on any atom is 0.247 e. The van der Waals surface area contributed by atoms with Crippen LogP contribution in [0.3, 0.4) is 0 Å². The number of benzene rings is 1. The Morgan fingerprint density at radius 1 is 1.29 bits per heavy atom. The van der Waals surface area contributed by atoms with E-state index in [1.807, 2.05) is 24.0 Å². The highest BCUT2D eigenvalue weighted by molar-refractivity contribution is 5.80. The third kappa shape index (κ3) is 3.73. The van der Waals surface area contributed by atoms with Gasteiger partial charge in [0, 0.05) is 32.7 Å². The first kappa shape index (κ1) is 16.4. The minimum atomic E-state index is -0.308. The van der Waals surface area contributed by atoms with Crippen LogP contribution in [0.2, 0.25) is 0 Å². The first-order chi connectivity index (χ1) is 11.7. The van der Waals surface area contributed by atoms with Crippen molar-refractivity contribution in [2.24, 2.45) is 0 Å². The van der Waals surface area contributed by atoms with E-state index in [2.05, 4.69) is 27.1 Å². The highest BCUT2D eigenvalue weighted by Gasteiger charge is 2.26. The molecule has 0 aliphatic carbocycles. The van der Waals surface area contributed by atoms with E-state index in [9.17, 15) is 4.79 Å². The topological polar surface area (TPSA) is 63.5 Å². The van der Waals surface area contributed by atoms with Gasteiger partial charge in [-0.25, -0.2) is 9.67 Å². The average molecular weight is 329 g/mol. The van der Waals surface area contributed by atoms with Crippen LogP contribution < -0.4 is 4.74 Å². The molecule has 1 aliphatic heterocycles. The quantitative estimate of drug-likeness (QED) is 0.824. The number of hydrogen-bond donors (Lipinski definition) is 0. The van der Waals surface area contributed by atoms with Crippen molar-refractivity contribution in [3.05, 3.63) is 42.5 Å². The molecule has 2 aromatic rings. The number of amides is 1. The van der Waals surface area contributed by atoms with Crippen molar-refractivity contribution >= 4 is 5.91 Å². The van der Waals surface area contributed by atoms with Crippen molar-refractivity contribution in [2.75, 3.05) is 33.3 Å². The van der Waals surface area contributed by atoms with Crippen LogP contribution in [0.4, 0.5) is 0 Å². The molecule has 1 fully saturated rings. The molecule has 1 aromatic carbocycles. The van der Waals surface area contributed by atoms with Crippen molar-refractivity contribution in [1.82, 2.24) is 24.6 Å². The first-order valence-corrected chi connectivity index (χ1v) is 8.15. The minimum Gasteiger partial charge on any atom is -0.497 e. The molecule has 24 heavy (non-hydrogen) atoms. The predicted molar refractivity (Wildman–Crippen MR) is 89.6 cm³/mol. The molecule has 1 atom stereocenters. The fourth-order valence-corrected chi connectivity index (χ4v) is 2.95. The van der Waals surface area contributed by atoms with Gasteiger partial charge in [0.2, 0.25) is 5.91 Å². The summed E-state index contributed by atoms with van der Waals surface area (Å²) in [6, 6.07) is 7.81. The Kier molecular flexibility index (Phi) is 5.10. The second-order valence-corrected chi connectivity index (χ2v) is 6.00. The smallest absolute Gasteiger partial charge is 0.247 e. The summed E-state index contributed by atoms with van der Waals surface area (Å²) in [4.78, 5) is 20.7. The van der Waals surface area contributed by atoms with Crippen LogP contribution in [0.1, 0.15) is 18.5 Å². The molecule has 1 aromatic heterocycles. The van der Waals surface area contributed by atoms with E-state index in [0.29, 0.717) is 0 Å². The second-order valence-electron chi connectivity index (χ2n) is 6.00. The largest absolute Gasteiger partial charge is 0.497 e. The fourth-order valence-electron chi connectivity index (χ4n) is 2.95. The Labute approximate surface area is 141 Å². The summed E-state index contributed by atoms with van der Waals surface area (Å²) in [5.41, 5.74) is 1.23. The number of piperazine rings is 1. The number of rotatable bonds is 5. The van der Waals surface area contributed by atoms with Crippen LogP contribution in [-0.2, 0) is 11.3 Å². The van der Waals surface area contributed by atoms with Gasteiger partial charge in [-0.3, -0.25) is 9.69 Å². The number of hydrogen-bond acceptors (Lipinski definition) is 5. The number of nitrogens with zero attached hydrogens (tertiary/aromatic N) is 5. The van der Waals surface area contributed by atoms with E-state index in [1.165, 1.54) is 11.9 Å². The van der Waals surface area contributed by atoms with Crippen LogP contribution >= 0.6 is 0 Å². The number of carbonyl (C=O) groups excluding carboxylic acids is 1. The Balaban J connectivity index is 1.53. The minimum absolute atomic E-state index is 0.0986. The molecule has 7 heteroatoms. The standard InChI is InChI=1S/C17H23N5O2/c1-14(22-13-18-12-19-22)17(23)21-8-6-20(7-9-21)11-15-4-3-5-16(10-15)24-2/h3-5,10,12-14H,6-9,11H2,1-2H3. The zero-order valence-electron chi connectivity index (χ0n) is 14.1. The third-order valence-electron chi connectivity index (χ3n) is 4.42. The molecule has 128 valence electrons. The normalized spacial score (nSPS) is 16.8. The van der Waals surface area contributed by atoms with Crippen molar-refractivity contribution < 1.29 is 9.53 Å². The van der Waals surface area contributed by atoms with Gasteiger partial charge >= 0.3 is 0 Å². The van der Waals surface area contributed by atoms with Crippen molar-refractivity contribution in [2.45, 2.75) is 19.5 Å². The highest BCUT2D eigenvalue weighted by atomic mass is 16.5. The lowest BCUT2D eigenvalue weighted by atomic mass is 10.1. The molecule has 1 amide bonds. The average Bonchev–Trinajstić information content (AvgIpc) is 3.16. The number of carbonyl (C=O) groups is 1. The van der Waals surface area contributed by atoms with Crippen LogP contribution in [0.15, 0.2) is 36.9 Å². The number of ether oxygens (including phenoxy) is 1. The summed E-state index contributed by atoms with van der Waals surface area (Å²) in [6.45, 7) is 5.95. The van der Waals surface area contributed by atoms with Crippen molar-refractivity contribution in [1.29, 1.82) is 0 Å². The Hall–Kier alpha value is -2.41. The lowest BCUT2D eigenvalue weighted by Crippen LogP contribution is -2.49. The summed E-state index contributed by atoms with van der Waals surface area (Å²) in [6.07, 6.45) is 3.04. The van der Waals surface area contributed by atoms with E-state index >= 15 is 0 Å². The van der Waals surface area contributed by atoms with Crippen LogP contribution in [0.5, 0.6) is 5.75 Å². The van der Waals surface area contributed by atoms with Gasteiger partial charge in [0.15, 0.2) is 0 Å². The summed E-state index contributed by atoms with van der Waals surface area (Å²) < 4.78 is 6.87. The Morgan fingerprint density at radius 2 is 2.08 bits per heavy atom. The lowest BCUT2D eigenvalue weighted by molar-refractivity contribution is -0.136. The first-order valence-electron chi connectivity index (χ1n) is 8.15. The molecule has 1 aliphatic rings. The van der Waals surface area contributed by atoms with Gasteiger partial charge in [0.1, 0.15) is 24.4 Å².